The van der Waals surface area contributed by atoms with Crippen molar-refractivity contribution in [3.05, 3.63) is 126 Å². The largest absolute Gasteiger partial charge is 0.440 e. The van der Waals surface area contributed by atoms with Gasteiger partial charge in [-0.25, -0.2) is 4.98 Å². The first-order chi connectivity index (χ1) is 15.7. The first kappa shape index (κ1) is 20.7. The Balaban J connectivity index is 1.86. The molecule has 4 aromatic rings. The molecule has 0 fully saturated rings. The lowest BCUT2D eigenvalue weighted by Gasteiger charge is -2.18. The van der Waals surface area contributed by atoms with E-state index in [4.69, 9.17) is 10.5 Å². The second-order valence-corrected chi connectivity index (χ2v) is 6.91. The predicted octanol–water partition coefficient (Wildman–Crippen LogP) is 5.05. The van der Waals surface area contributed by atoms with Gasteiger partial charge < -0.3 is 15.8 Å². The number of allylic oxidation sites excluding steroid dienone is 3. The van der Waals surface area contributed by atoms with Gasteiger partial charge in [-0.3, -0.25) is 9.36 Å². The van der Waals surface area contributed by atoms with E-state index < -0.39 is 0 Å². The number of nitrogens with two attached hydrogens (primary N) is 1. The summed E-state index contributed by atoms with van der Waals surface area (Å²) in [7, 11) is 0. The van der Waals surface area contributed by atoms with Gasteiger partial charge in [0.15, 0.2) is 5.43 Å². The third-order valence-corrected chi connectivity index (χ3v) is 4.67. The highest BCUT2D eigenvalue weighted by molar-refractivity contribution is 5.84. The molecule has 0 atom stereocenters. The van der Waals surface area contributed by atoms with Gasteiger partial charge in [0.05, 0.1) is 10.9 Å². The van der Waals surface area contributed by atoms with Gasteiger partial charge in [0.25, 0.3) is 0 Å². The fraction of sp³-hybridized carbons (Fsp3) is 0. The van der Waals surface area contributed by atoms with Crippen LogP contribution in [-0.4, -0.2) is 9.55 Å². The number of nitrogens with one attached hydrogen (secondary N) is 1. The number of ether oxygens (including phenoxy) is 1. The molecule has 6 nitrogen and oxygen atoms in total. The zero-order valence-corrected chi connectivity index (χ0v) is 17.3. The van der Waals surface area contributed by atoms with Crippen molar-refractivity contribution < 1.29 is 4.74 Å². The second-order valence-electron chi connectivity index (χ2n) is 6.91. The summed E-state index contributed by atoms with van der Waals surface area (Å²) in [6, 6.07) is 22.8. The lowest BCUT2D eigenvalue weighted by molar-refractivity contribution is 0.430. The molecule has 0 radical (unpaired) electrons. The molecule has 32 heavy (non-hydrogen) atoms. The van der Waals surface area contributed by atoms with E-state index in [0.29, 0.717) is 28.4 Å². The Labute approximate surface area is 185 Å². The Morgan fingerprint density at radius 1 is 1.03 bits per heavy atom. The summed E-state index contributed by atoms with van der Waals surface area (Å²) < 4.78 is 7.72. The number of anilines is 2. The average molecular weight is 422 g/mol. The minimum atomic E-state index is -0.142. The van der Waals surface area contributed by atoms with E-state index in [0.717, 1.165) is 11.4 Å². The summed E-state index contributed by atoms with van der Waals surface area (Å²) in [6.45, 7) is 3.87. The molecule has 0 aliphatic rings. The minimum Gasteiger partial charge on any atom is -0.440 e. The van der Waals surface area contributed by atoms with Crippen molar-refractivity contribution in [2.75, 3.05) is 5.32 Å². The van der Waals surface area contributed by atoms with Crippen molar-refractivity contribution in [1.29, 1.82) is 0 Å². The van der Waals surface area contributed by atoms with E-state index in [1.807, 2.05) is 65.2 Å². The zero-order chi connectivity index (χ0) is 22.3. The first-order valence-electron chi connectivity index (χ1n) is 10.0. The molecule has 0 aliphatic carbocycles. The van der Waals surface area contributed by atoms with E-state index in [9.17, 15) is 4.79 Å². The summed E-state index contributed by atoms with van der Waals surface area (Å²) >= 11 is 0. The Kier molecular flexibility index (Phi) is 6.13. The monoisotopic (exact) mass is 422 g/mol. The highest BCUT2D eigenvalue weighted by atomic mass is 16.5. The summed E-state index contributed by atoms with van der Waals surface area (Å²) in [6.07, 6.45) is 7.99. The zero-order valence-electron chi connectivity index (χ0n) is 17.3. The standard InChI is InChI=1S/C26H22N4O2/c1-19(10-8-9-15-27)32-26-16-23-22(18-28-26)24(31)17-25(29-20-11-4-2-5-12-20)30(23)21-13-6-3-7-14-21/h2-18,29H,1,27H2/b10-8-,15-9-. The van der Waals surface area contributed by atoms with Crippen molar-refractivity contribution >= 4 is 22.4 Å². The lowest BCUT2D eigenvalue weighted by Crippen LogP contribution is -2.13. The summed E-state index contributed by atoms with van der Waals surface area (Å²) in [5.74, 6) is 1.34. The smallest absolute Gasteiger partial charge is 0.221 e. The van der Waals surface area contributed by atoms with Crippen LogP contribution in [0.5, 0.6) is 5.88 Å². The number of rotatable bonds is 7. The number of pyridine rings is 2. The quantitative estimate of drug-likeness (QED) is 0.322. The second kappa shape index (κ2) is 9.49. The maximum absolute atomic E-state index is 12.9. The Morgan fingerprint density at radius 2 is 1.75 bits per heavy atom. The van der Waals surface area contributed by atoms with Crippen LogP contribution in [0.3, 0.4) is 0 Å². The Hall–Kier alpha value is -4.58. The maximum Gasteiger partial charge on any atom is 0.221 e. The van der Waals surface area contributed by atoms with Gasteiger partial charge in [0.2, 0.25) is 5.88 Å². The van der Waals surface area contributed by atoms with Crippen molar-refractivity contribution in [2.45, 2.75) is 0 Å². The van der Waals surface area contributed by atoms with Crippen LogP contribution in [0.15, 0.2) is 121 Å². The molecular weight excluding hydrogens is 400 g/mol. The van der Waals surface area contributed by atoms with E-state index in [1.54, 1.807) is 30.4 Å². The van der Waals surface area contributed by atoms with Gasteiger partial charge in [-0.1, -0.05) is 49.1 Å². The molecule has 0 spiro atoms. The molecule has 0 saturated carbocycles. The van der Waals surface area contributed by atoms with Crippen molar-refractivity contribution in [2.24, 2.45) is 5.73 Å². The molecule has 3 N–H and O–H groups in total. The van der Waals surface area contributed by atoms with Crippen LogP contribution in [-0.2, 0) is 0 Å². The van der Waals surface area contributed by atoms with Crippen molar-refractivity contribution in [3.8, 4) is 11.6 Å². The average Bonchev–Trinajstić information content (AvgIpc) is 2.80. The summed E-state index contributed by atoms with van der Waals surface area (Å²) in [4.78, 5) is 17.2. The number of hydrogen-bond acceptors (Lipinski definition) is 5. The van der Waals surface area contributed by atoms with Gasteiger partial charge >= 0.3 is 0 Å². The van der Waals surface area contributed by atoms with E-state index in [-0.39, 0.29) is 5.43 Å². The number of fused-ring (bicyclic) bond motifs is 1. The van der Waals surface area contributed by atoms with E-state index in [2.05, 4.69) is 16.9 Å². The molecule has 2 aromatic heterocycles. The number of hydrogen-bond donors (Lipinski definition) is 2. The van der Waals surface area contributed by atoms with Gasteiger partial charge in [0, 0.05) is 29.7 Å². The minimum absolute atomic E-state index is 0.142. The Morgan fingerprint density at radius 3 is 2.47 bits per heavy atom. The topological polar surface area (TPSA) is 82.2 Å². The molecule has 0 aliphatic heterocycles. The van der Waals surface area contributed by atoms with Crippen molar-refractivity contribution in [1.82, 2.24) is 9.55 Å². The highest BCUT2D eigenvalue weighted by Gasteiger charge is 2.13. The fourth-order valence-corrected chi connectivity index (χ4v) is 3.27. The molecule has 0 bridgehead atoms. The van der Waals surface area contributed by atoms with Gasteiger partial charge in [-0.2, -0.15) is 0 Å². The van der Waals surface area contributed by atoms with Gasteiger partial charge in [-0.15, -0.1) is 0 Å². The molecule has 6 heteroatoms. The van der Waals surface area contributed by atoms with E-state index >= 15 is 0 Å². The van der Waals surface area contributed by atoms with Crippen LogP contribution in [0.2, 0.25) is 0 Å². The first-order valence-corrected chi connectivity index (χ1v) is 10.0. The Bertz CT molecular complexity index is 1360. The van der Waals surface area contributed by atoms with Crippen LogP contribution in [0, 0.1) is 0 Å². The molecule has 0 unspecified atom stereocenters. The summed E-state index contributed by atoms with van der Waals surface area (Å²) in [5.41, 5.74) is 7.61. The van der Waals surface area contributed by atoms with Crippen molar-refractivity contribution in [3.63, 3.8) is 0 Å². The van der Waals surface area contributed by atoms with E-state index in [1.165, 1.54) is 12.4 Å². The van der Waals surface area contributed by atoms with Crippen LogP contribution in [0.1, 0.15) is 0 Å². The third-order valence-electron chi connectivity index (χ3n) is 4.67. The van der Waals surface area contributed by atoms with Gasteiger partial charge in [-0.05, 0) is 42.6 Å². The highest BCUT2D eigenvalue weighted by Crippen LogP contribution is 2.27. The molecular formula is C26H22N4O2. The SMILES string of the molecule is C=C(/C=C\C=C/N)Oc1cc2c(cn1)c(=O)cc(Nc1ccccc1)n2-c1ccccc1. The van der Waals surface area contributed by atoms with Crippen LogP contribution < -0.4 is 21.2 Å². The molecule has 4 rings (SSSR count). The lowest BCUT2D eigenvalue weighted by atomic mass is 10.2. The number of para-hydroxylation sites is 2. The van der Waals surface area contributed by atoms with Gasteiger partial charge in [0.1, 0.15) is 11.6 Å². The number of benzene rings is 2. The molecule has 158 valence electrons. The molecule has 0 saturated heterocycles. The number of nitrogens with zero attached hydrogens (tertiary/aromatic N) is 2. The van der Waals surface area contributed by atoms with Crippen LogP contribution in [0.25, 0.3) is 16.6 Å². The normalized spacial score (nSPS) is 11.2. The third kappa shape index (κ3) is 4.60. The number of aromatic nitrogens is 2. The van der Waals surface area contributed by atoms with Crippen LogP contribution >= 0.6 is 0 Å². The predicted molar refractivity (Wildman–Crippen MR) is 129 cm³/mol. The maximum atomic E-state index is 12.9. The molecule has 0 amide bonds. The van der Waals surface area contributed by atoms with Crippen LogP contribution in [0.4, 0.5) is 11.5 Å². The molecule has 2 aromatic carbocycles. The molecule has 2 heterocycles. The fourth-order valence-electron chi connectivity index (χ4n) is 3.27. The summed E-state index contributed by atoms with van der Waals surface area (Å²) in [5, 5.41) is 3.83.